The number of fused-ring (bicyclic) bond motifs is 2. The number of likely N-dealkylation sites (N-methyl/N-ethyl adjacent to an activating group) is 1. The second kappa shape index (κ2) is 7.98. The first-order valence-electron chi connectivity index (χ1n) is 9.70. The normalized spacial score (nSPS) is 14.2. The highest BCUT2D eigenvalue weighted by Crippen LogP contribution is 2.27. The van der Waals surface area contributed by atoms with E-state index in [2.05, 4.69) is 32.4 Å². The van der Waals surface area contributed by atoms with Crippen molar-refractivity contribution in [3.63, 3.8) is 0 Å². The van der Waals surface area contributed by atoms with E-state index in [0.717, 1.165) is 43.0 Å². The molecule has 1 aliphatic rings. The Morgan fingerprint density at radius 1 is 1.21 bits per heavy atom. The molecule has 0 aliphatic carbocycles. The summed E-state index contributed by atoms with van der Waals surface area (Å²) in [6.45, 7) is 3.83. The summed E-state index contributed by atoms with van der Waals surface area (Å²) in [5.74, 6) is 0.877. The van der Waals surface area contributed by atoms with Crippen molar-refractivity contribution >= 4 is 22.5 Å². The minimum Gasteiger partial charge on any atom is -0.350 e. The first-order valence-corrected chi connectivity index (χ1v) is 9.70. The van der Waals surface area contributed by atoms with Crippen molar-refractivity contribution in [2.24, 2.45) is 0 Å². The summed E-state index contributed by atoms with van der Waals surface area (Å²) in [6.07, 6.45) is 2.82. The molecule has 3 aromatic rings. The van der Waals surface area contributed by atoms with Gasteiger partial charge in [-0.1, -0.05) is 24.3 Å². The molecule has 1 aliphatic heterocycles. The lowest BCUT2D eigenvalue weighted by atomic mass is 10.1. The van der Waals surface area contributed by atoms with E-state index >= 15 is 0 Å². The van der Waals surface area contributed by atoms with Crippen LogP contribution in [-0.4, -0.2) is 59.3 Å². The fourth-order valence-electron chi connectivity index (χ4n) is 3.59. The minimum absolute atomic E-state index is 0.114. The van der Waals surface area contributed by atoms with Gasteiger partial charge in [-0.3, -0.25) is 9.48 Å². The van der Waals surface area contributed by atoms with Gasteiger partial charge in [0.1, 0.15) is 5.82 Å². The smallest absolute Gasteiger partial charge is 0.271 e. The summed E-state index contributed by atoms with van der Waals surface area (Å²) < 4.78 is 1.96. The van der Waals surface area contributed by atoms with E-state index in [-0.39, 0.29) is 5.91 Å². The van der Waals surface area contributed by atoms with Crippen LogP contribution in [0.3, 0.4) is 0 Å². The van der Waals surface area contributed by atoms with E-state index in [1.165, 1.54) is 5.39 Å². The van der Waals surface area contributed by atoms with Crippen molar-refractivity contribution < 1.29 is 4.79 Å². The maximum Gasteiger partial charge on any atom is 0.271 e. The van der Waals surface area contributed by atoms with Crippen LogP contribution in [0.2, 0.25) is 0 Å². The molecule has 0 saturated heterocycles. The molecule has 28 heavy (non-hydrogen) atoms. The molecule has 3 heterocycles. The van der Waals surface area contributed by atoms with Crippen molar-refractivity contribution in [3.05, 3.63) is 54.0 Å². The second-order valence-electron chi connectivity index (χ2n) is 7.43. The fraction of sp³-hybridized carbons (Fsp3) is 0.381. The molecule has 0 spiro atoms. The number of carbonyl (C=O) groups is 1. The summed E-state index contributed by atoms with van der Waals surface area (Å²) in [5, 5.41) is 9.82. The van der Waals surface area contributed by atoms with Crippen LogP contribution in [0.5, 0.6) is 0 Å². The predicted molar refractivity (Wildman–Crippen MR) is 111 cm³/mol. The van der Waals surface area contributed by atoms with Gasteiger partial charge in [0, 0.05) is 37.8 Å². The van der Waals surface area contributed by atoms with Gasteiger partial charge in [-0.25, -0.2) is 4.98 Å². The lowest BCUT2D eigenvalue weighted by Gasteiger charge is -2.22. The fourth-order valence-corrected chi connectivity index (χ4v) is 3.59. The van der Waals surface area contributed by atoms with Gasteiger partial charge in [0.25, 0.3) is 5.91 Å². The van der Waals surface area contributed by atoms with Gasteiger partial charge in [-0.05, 0) is 38.0 Å². The Balaban J connectivity index is 1.55. The molecule has 0 atom stereocenters. The summed E-state index contributed by atoms with van der Waals surface area (Å²) in [5.41, 5.74) is 1.53. The number of hydrogen-bond donors (Lipinski definition) is 1. The number of benzene rings is 1. The van der Waals surface area contributed by atoms with Gasteiger partial charge in [0.2, 0.25) is 0 Å². The van der Waals surface area contributed by atoms with Gasteiger partial charge in [0.15, 0.2) is 5.69 Å². The largest absolute Gasteiger partial charge is 0.350 e. The molecule has 146 valence electrons. The van der Waals surface area contributed by atoms with E-state index in [0.29, 0.717) is 18.8 Å². The van der Waals surface area contributed by atoms with Crippen LogP contribution >= 0.6 is 0 Å². The number of rotatable bonds is 5. The number of aromatic nitrogens is 3. The number of nitrogens with zero attached hydrogens (tertiary/aromatic N) is 5. The highest BCUT2D eigenvalue weighted by molar-refractivity contribution is 5.93. The van der Waals surface area contributed by atoms with Gasteiger partial charge in [0.05, 0.1) is 12.2 Å². The summed E-state index contributed by atoms with van der Waals surface area (Å²) in [6, 6.07) is 12.3. The Morgan fingerprint density at radius 2 is 2.07 bits per heavy atom. The van der Waals surface area contributed by atoms with Crippen molar-refractivity contribution in [1.29, 1.82) is 0 Å². The second-order valence-corrected chi connectivity index (χ2v) is 7.43. The Morgan fingerprint density at radius 3 is 2.93 bits per heavy atom. The molecule has 0 saturated carbocycles. The van der Waals surface area contributed by atoms with E-state index in [1.54, 1.807) is 0 Å². The third-order valence-corrected chi connectivity index (χ3v) is 5.04. The van der Waals surface area contributed by atoms with Gasteiger partial charge >= 0.3 is 0 Å². The molecule has 4 rings (SSSR count). The van der Waals surface area contributed by atoms with Crippen molar-refractivity contribution in [2.75, 3.05) is 38.6 Å². The molecule has 0 fully saturated rings. The molecule has 0 unspecified atom stereocenters. The van der Waals surface area contributed by atoms with E-state index in [9.17, 15) is 4.79 Å². The third kappa shape index (κ3) is 3.84. The van der Waals surface area contributed by atoms with Crippen LogP contribution in [0.15, 0.2) is 42.6 Å². The molecular weight excluding hydrogens is 352 g/mol. The van der Waals surface area contributed by atoms with Crippen LogP contribution in [-0.2, 0) is 13.1 Å². The molecule has 0 radical (unpaired) electrons. The predicted octanol–water partition coefficient (Wildman–Crippen LogP) is 2.13. The Kier molecular flexibility index (Phi) is 5.25. The lowest BCUT2D eigenvalue weighted by molar-refractivity contribution is 0.0945. The number of carbonyl (C=O) groups excluding carboxylic acids is 1. The van der Waals surface area contributed by atoms with Gasteiger partial charge in [-0.2, -0.15) is 5.10 Å². The maximum absolute atomic E-state index is 12.4. The Bertz CT molecular complexity index is 975. The summed E-state index contributed by atoms with van der Waals surface area (Å²) >= 11 is 0. The molecule has 7 heteroatoms. The number of nitrogens with one attached hydrogen (secondary N) is 1. The van der Waals surface area contributed by atoms with E-state index in [1.807, 2.05) is 54.1 Å². The minimum atomic E-state index is -0.114. The standard InChI is InChI=1S/C21H26N6O/c1-25(2)13-10-23-21(28)19-14-17-15-26(11-5-12-27(17)24-19)20-18-7-4-3-6-16(18)8-9-22-20/h3-4,6-9,14H,5,10-13,15H2,1-2H3,(H,23,28). The molecule has 2 aromatic heterocycles. The zero-order chi connectivity index (χ0) is 19.5. The zero-order valence-corrected chi connectivity index (χ0v) is 16.4. The lowest BCUT2D eigenvalue weighted by Crippen LogP contribution is -2.31. The number of hydrogen-bond acceptors (Lipinski definition) is 5. The maximum atomic E-state index is 12.4. The number of amides is 1. The number of anilines is 1. The van der Waals surface area contributed by atoms with Crippen molar-refractivity contribution in [2.45, 2.75) is 19.5 Å². The summed E-state index contributed by atoms with van der Waals surface area (Å²) in [7, 11) is 3.97. The molecular formula is C21H26N6O. The average molecular weight is 378 g/mol. The van der Waals surface area contributed by atoms with Crippen LogP contribution in [0.4, 0.5) is 5.82 Å². The molecule has 0 bridgehead atoms. The average Bonchev–Trinajstić information content (AvgIpc) is 2.99. The molecule has 1 N–H and O–H groups in total. The van der Waals surface area contributed by atoms with Crippen LogP contribution < -0.4 is 10.2 Å². The van der Waals surface area contributed by atoms with Crippen molar-refractivity contribution in [1.82, 2.24) is 25.0 Å². The molecule has 1 amide bonds. The Hall–Kier alpha value is -2.93. The highest BCUT2D eigenvalue weighted by atomic mass is 16.1. The monoisotopic (exact) mass is 378 g/mol. The Labute approximate surface area is 165 Å². The molecule has 7 nitrogen and oxygen atoms in total. The topological polar surface area (TPSA) is 66.3 Å². The number of aryl methyl sites for hydroxylation is 1. The molecule has 1 aromatic carbocycles. The quantitative estimate of drug-likeness (QED) is 0.737. The van der Waals surface area contributed by atoms with Crippen LogP contribution in [0.25, 0.3) is 10.8 Å². The number of pyridine rings is 1. The van der Waals surface area contributed by atoms with E-state index < -0.39 is 0 Å². The zero-order valence-electron chi connectivity index (χ0n) is 16.4. The third-order valence-electron chi connectivity index (χ3n) is 5.04. The SMILES string of the molecule is CN(C)CCNC(=O)c1cc2n(n1)CCCN(c1nccc3ccccc13)C2. The van der Waals surface area contributed by atoms with Gasteiger partial charge < -0.3 is 15.1 Å². The van der Waals surface area contributed by atoms with Crippen LogP contribution in [0, 0.1) is 0 Å². The van der Waals surface area contributed by atoms with E-state index in [4.69, 9.17) is 0 Å². The van der Waals surface area contributed by atoms with Crippen molar-refractivity contribution in [3.8, 4) is 0 Å². The first-order chi connectivity index (χ1) is 13.6. The first kappa shape index (κ1) is 18.4. The summed E-state index contributed by atoms with van der Waals surface area (Å²) in [4.78, 5) is 21.4. The highest BCUT2D eigenvalue weighted by Gasteiger charge is 2.21. The van der Waals surface area contributed by atoms with Gasteiger partial charge in [-0.15, -0.1) is 0 Å². The van der Waals surface area contributed by atoms with Crippen LogP contribution in [0.1, 0.15) is 22.6 Å².